The second kappa shape index (κ2) is 6.55. The highest BCUT2D eigenvalue weighted by Gasteiger charge is 2.07. The Hall–Kier alpha value is -2.58. The smallest absolute Gasteiger partial charge is 0.273 e. The van der Waals surface area contributed by atoms with Crippen LogP contribution in [0.15, 0.2) is 30.5 Å². The maximum atomic E-state index is 11.8. The van der Waals surface area contributed by atoms with Gasteiger partial charge in [-0.05, 0) is 36.8 Å². The normalized spacial score (nSPS) is 9.70. The predicted molar refractivity (Wildman–Crippen MR) is 76.3 cm³/mol. The second-order valence-electron chi connectivity index (χ2n) is 4.23. The van der Waals surface area contributed by atoms with Gasteiger partial charge in [-0.25, -0.2) is 0 Å². The van der Waals surface area contributed by atoms with E-state index in [0.717, 1.165) is 11.1 Å². The van der Waals surface area contributed by atoms with Gasteiger partial charge in [0.25, 0.3) is 5.91 Å². The highest BCUT2D eigenvalue weighted by Crippen LogP contribution is 2.15. The van der Waals surface area contributed by atoms with Crippen LogP contribution >= 0.6 is 0 Å². The quantitative estimate of drug-likeness (QED) is 0.742. The minimum absolute atomic E-state index is 0.0599. The van der Waals surface area contributed by atoms with Crippen LogP contribution in [0.1, 0.15) is 28.0 Å². The molecule has 5 heteroatoms. The molecule has 102 valence electrons. The van der Waals surface area contributed by atoms with E-state index in [1.807, 2.05) is 19.1 Å². The van der Waals surface area contributed by atoms with Gasteiger partial charge in [0.15, 0.2) is 0 Å². The van der Waals surface area contributed by atoms with Crippen LogP contribution in [0.5, 0.6) is 0 Å². The van der Waals surface area contributed by atoms with Crippen molar-refractivity contribution in [3.8, 4) is 11.8 Å². The predicted octanol–water partition coefficient (Wildman–Crippen LogP) is 1.70. The number of carbonyl (C=O) groups excluding carboxylic acids is 1. The van der Waals surface area contributed by atoms with Crippen molar-refractivity contribution in [2.45, 2.75) is 13.3 Å². The molecule has 0 saturated carbocycles. The average molecular weight is 269 g/mol. The summed E-state index contributed by atoms with van der Waals surface area (Å²) in [5.41, 5.74) is 2.97. The van der Waals surface area contributed by atoms with Gasteiger partial charge >= 0.3 is 0 Å². The molecule has 0 saturated heterocycles. The molecule has 0 aliphatic carbocycles. The van der Waals surface area contributed by atoms with Gasteiger partial charge in [-0.1, -0.05) is 11.8 Å². The molecule has 0 bridgehead atoms. The number of nitrogens with one attached hydrogen (secondary N) is 2. The molecule has 2 rings (SSSR count). The third kappa shape index (κ3) is 3.46. The van der Waals surface area contributed by atoms with E-state index in [1.165, 1.54) is 6.20 Å². The van der Waals surface area contributed by atoms with Gasteiger partial charge in [-0.15, -0.1) is 0 Å². The maximum absolute atomic E-state index is 11.8. The number of hydrogen-bond acceptors (Lipinski definition) is 3. The highest BCUT2D eigenvalue weighted by atomic mass is 16.2. The number of amides is 1. The first kappa shape index (κ1) is 13.8. The molecule has 0 aliphatic heterocycles. The van der Waals surface area contributed by atoms with Gasteiger partial charge in [0.1, 0.15) is 5.69 Å². The molecule has 1 amide bonds. The lowest BCUT2D eigenvalue weighted by atomic mass is 10.1. The van der Waals surface area contributed by atoms with Crippen molar-refractivity contribution in [2.75, 3.05) is 11.9 Å². The third-order valence-corrected chi connectivity index (χ3v) is 2.69. The van der Waals surface area contributed by atoms with Crippen LogP contribution in [0.2, 0.25) is 0 Å². The van der Waals surface area contributed by atoms with E-state index in [0.29, 0.717) is 17.8 Å². The number of H-pyrrole nitrogens is 1. The van der Waals surface area contributed by atoms with Crippen molar-refractivity contribution in [1.82, 2.24) is 10.2 Å². The fourth-order valence-electron chi connectivity index (χ4n) is 1.68. The summed E-state index contributed by atoms with van der Waals surface area (Å²) in [5.74, 6) is 5.62. The number of aromatic nitrogens is 2. The van der Waals surface area contributed by atoms with Crippen LogP contribution in [0.25, 0.3) is 0 Å². The number of aromatic amines is 1. The topological polar surface area (TPSA) is 78.0 Å². The summed E-state index contributed by atoms with van der Waals surface area (Å²) in [4.78, 5) is 11.8. The van der Waals surface area contributed by atoms with Crippen LogP contribution in [-0.4, -0.2) is 27.8 Å². The zero-order valence-electron chi connectivity index (χ0n) is 11.1. The molecular weight excluding hydrogens is 254 g/mol. The van der Waals surface area contributed by atoms with E-state index in [1.54, 1.807) is 12.1 Å². The van der Waals surface area contributed by atoms with Gasteiger partial charge < -0.3 is 10.4 Å². The fraction of sp³-hybridized carbons (Fsp3) is 0.200. The Balaban J connectivity index is 2.10. The Morgan fingerprint density at radius 1 is 1.45 bits per heavy atom. The van der Waals surface area contributed by atoms with E-state index in [2.05, 4.69) is 27.4 Å². The van der Waals surface area contributed by atoms with Gasteiger partial charge in [0, 0.05) is 23.9 Å². The molecule has 0 spiro atoms. The van der Waals surface area contributed by atoms with Crippen LogP contribution < -0.4 is 5.32 Å². The monoisotopic (exact) mass is 269 g/mol. The van der Waals surface area contributed by atoms with Crippen molar-refractivity contribution in [2.24, 2.45) is 0 Å². The molecule has 20 heavy (non-hydrogen) atoms. The number of aliphatic hydroxyl groups is 1. The molecular formula is C15H15N3O2. The number of aliphatic hydroxyl groups excluding tert-OH is 1. The lowest BCUT2D eigenvalue weighted by Crippen LogP contribution is -2.12. The Morgan fingerprint density at radius 2 is 2.30 bits per heavy atom. The van der Waals surface area contributed by atoms with E-state index in [-0.39, 0.29) is 12.5 Å². The minimum Gasteiger partial charge on any atom is -0.395 e. The molecule has 5 nitrogen and oxygen atoms in total. The van der Waals surface area contributed by atoms with Gasteiger partial charge in [-0.3, -0.25) is 9.89 Å². The minimum atomic E-state index is -0.235. The number of hydrogen-bond donors (Lipinski definition) is 3. The van der Waals surface area contributed by atoms with Crippen LogP contribution in [-0.2, 0) is 0 Å². The van der Waals surface area contributed by atoms with Crippen molar-refractivity contribution >= 4 is 11.6 Å². The number of benzene rings is 1. The number of aryl methyl sites for hydroxylation is 1. The SMILES string of the molecule is Cc1cc(NC(=O)c2ccn[nH]2)ccc1C#CCCO. The van der Waals surface area contributed by atoms with E-state index in [9.17, 15) is 4.79 Å². The summed E-state index contributed by atoms with van der Waals surface area (Å²) < 4.78 is 0. The Bertz CT molecular complexity index is 651. The van der Waals surface area contributed by atoms with Crippen LogP contribution in [0.3, 0.4) is 0 Å². The number of carbonyl (C=O) groups is 1. The largest absolute Gasteiger partial charge is 0.395 e. The fourth-order valence-corrected chi connectivity index (χ4v) is 1.68. The van der Waals surface area contributed by atoms with Crippen molar-refractivity contribution in [3.05, 3.63) is 47.3 Å². The molecule has 0 radical (unpaired) electrons. The summed E-state index contributed by atoms with van der Waals surface area (Å²) in [6, 6.07) is 7.11. The van der Waals surface area contributed by atoms with Gasteiger partial charge in [0.2, 0.25) is 0 Å². The van der Waals surface area contributed by atoms with Crippen molar-refractivity contribution in [1.29, 1.82) is 0 Å². The molecule has 3 N–H and O–H groups in total. The Labute approximate surface area is 117 Å². The molecule has 0 atom stereocenters. The summed E-state index contributed by atoms with van der Waals surface area (Å²) in [6.07, 6.45) is 1.98. The zero-order chi connectivity index (χ0) is 14.4. The summed E-state index contributed by atoms with van der Waals surface area (Å²) in [5, 5.41) is 17.8. The third-order valence-electron chi connectivity index (χ3n) is 2.69. The number of nitrogens with zero attached hydrogens (tertiary/aromatic N) is 1. The van der Waals surface area contributed by atoms with E-state index < -0.39 is 0 Å². The second-order valence-corrected chi connectivity index (χ2v) is 4.23. The Morgan fingerprint density at radius 3 is 2.95 bits per heavy atom. The molecule has 0 unspecified atom stereocenters. The van der Waals surface area contributed by atoms with Crippen molar-refractivity contribution in [3.63, 3.8) is 0 Å². The molecule has 0 fully saturated rings. The highest BCUT2D eigenvalue weighted by molar-refractivity contribution is 6.02. The van der Waals surface area contributed by atoms with E-state index in [4.69, 9.17) is 5.11 Å². The Kier molecular flexibility index (Phi) is 4.53. The standard InChI is InChI=1S/C15H15N3O2/c1-11-10-13(6-5-12(11)4-2-3-9-19)17-15(20)14-7-8-16-18-14/h5-8,10,19H,3,9H2,1H3,(H,16,18)(H,17,20). The first-order chi connectivity index (χ1) is 9.70. The lowest BCUT2D eigenvalue weighted by Gasteiger charge is -2.06. The number of rotatable bonds is 3. The first-order valence-corrected chi connectivity index (χ1v) is 6.22. The zero-order valence-corrected chi connectivity index (χ0v) is 11.1. The first-order valence-electron chi connectivity index (χ1n) is 6.22. The summed E-state index contributed by atoms with van der Waals surface area (Å²) in [7, 11) is 0. The average Bonchev–Trinajstić information content (AvgIpc) is 2.95. The van der Waals surface area contributed by atoms with E-state index >= 15 is 0 Å². The lowest BCUT2D eigenvalue weighted by molar-refractivity contribution is 0.102. The molecule has 1 heterocycles. The van der Waals surface area contributed by atoms with Crippen molar-refractivity contribution < 1.29 is 9.90 Å². The molecule has 0 aliphatic rings. The van der Waals surface area contributed by atoms with Gasteiger partial charge in [-0.2, -0.15) is 5.10 Å². The summed E-state index contributed by atoms with van der Waals surface area (Å²) in [6.45, 7) is 1.99. The summed E-state index contributed by atoms with van der Waals surface area (Å²) >= 11 is 0. The van der Waals surface area contributed by atoms with Crippen LogP contribution in [0, 0.1) is 18.8 Å². The maximum Gasteiger partial charge on any atom is 0.273 e. The number of anilines is 1. The molecule has 1 aromatic carbocycles. The molecule has 1 aromatic heterocycles. The van der Waals surface area contributed by atoms with Gasteiger partial charge in [0.05, 0.1) is 6.61 Å². The molecule has 2 aromatic rings. The van der Waals surface area contributed by atoms with Crippen LogP contribution in [0.4, 0.5) is 5.69 Å².